The SMILES string of the molecule is COc1ccccc1CNCc1ccc(O)c(O)c1. The average molecular weight is 259 g/mol. The third-order valence-corrected chi connectivity index (χ3v) is 2.88. The molecule has 0 aliphatic heterocycles. The van der Waals surface area contributed by atoms with Crippen molar-refractivity contribution >= 4 is 0 Å². The standard InChI is InChI=1S/C15H17NO3/c1-19-15-5-3-2-4-12(15)10-16-9-11-6-7-13(17)14(18)8-11/h2-8,16-18H,9-10H2,1H3. The zero-order chi connectivity index (χ0) is 13.7. The van der Waals surface area contributed by atoms with Crippen molar-refractivity contribution in [2.45, 2.75) is 13.1 Å². The first-order chi connectivity index (χ1) is 9.20. The molecule has 0 aliphatic rings. The van der Waals surface area contributed by atoms with Crippen LogP contribution in [0.15, 0.2) is 42.5 Å². The second-order valence-corrected chi connectivity index (χ2v) is 4.24. The van der Waals surface area contributed by atoms with E-state index in [0.29, 0.717) is 13.1 Å². The zero-order valence-electron chi connectivity index (χ0n) is 10.8. The van der Waals surface area contributed by atoms with Crippen LogP contribution < -0.4 is 10.1 Å². The Balaban J connectivity index is 1.94. The summed E-state index contributed by atoms with van der Waals surface area (Å²) in [6, 6.07) is 12.6. The van der Waals surface area contributed by atoms with Gasteiger partial charge >= 0.3 is 0 Å². The highest BCUT2D eigenvalue weighted by molar-refractivity contribution is 5.40. The third-order valence-electron chi connectivity index (χ3n) is 2.88. The van der Waals surface area contributed by atoms with Crippen LogP contribution in [0.5, 0.6) is 17.2 Å². The van der Waals surface area contributed by atoms with Gasteiger partial charge in [0.1, 0.15) is 5.75 Å². The minimum atomic E-state index is -0.103. The van der Waals surface area contributed by atoms with Gasteiger partial charge < -0.3 is 20.3 Å². The summed E-state index contributed by atoms with van der Waals surface area (Å²) in [5, 5.41) is 21.9. The monoisotopic (exact) mass is 259 g/mol. The molecule has 100 valence electrons. The highest BCUT2D eigenvalue weighted by atomic mass is 16.5. The van der Waals surface area contributed by atoms with Gasteiger partial charge in [-0.25, -0.2) is 0 Å². The highest BCUT2D eigenvalue weighted by Crippen LogP contribution is 2.24. The number of nitrogens with one attached hydrogen (secondary N) is 1. The maximum Gasteiger partial charge on any atom is 0.157 e. The van der Waals surface area contributed by atoms with E-state index >= 15 is 0 Å². The van der Waals surface area contributed by atoms with Crippen LogP contribution in [-0.4, -0.2) is 17.3 Å². The van der Waals surface area contributed by atoms with Crippen LogP contribution in [0.1, 0.15) is 11.1 Å². The minimum absolute atomic E-state index is 0.100. The molecule has 19 heavy (non-hydrogen) atoms. The van der Waals surface area contributed by atoms with Crippen molar-refractivity contribution < 1.29 is 14.9 Å². The van der Waals surface area contributed by atoms with Crippen LogP contribution in [0, 0.1) is 0 Å². The normalized spacial score (nSPS) is 10.4. The lowest BCUT2D eigenvalue weighted by Crippen LogP contribution is -2.13. The minimum Gasteiger partial charge on any atom is -0.504 e. The molecule has 2 rings (SSSR count). The molecule has 0 bridgehead atoms. The Morgan fingerprint density at radius 2 is 1.79 bits per heavy atom. The molecule has 0 unspecified atom stereocenters. The number of aromatic hydroxyl groups is 2. The largest absolute Gasteiger partial charge is 0.504 e. The van der Waals surface area contributed by atoms with E-state index in [4.69, 9.17) is 4.74 Å². The molecule has 0 fully saturated rings. The van der Waals surface area contributed by atoms with E-state index in [1.807, 2.05) is 24.3 Å². The van der Waals surface area contributed by atoms with E-state index < -0.39 is 0 Å². The first-order valence-electron chi connectivity index (χ1n) is 6.04. The summed E-state index contributed by atoms with van der Waals surface area (Å²) < 4.78 is 5.27. The molecule has 0 saturated heterocycles. The number of phenolic OH excluding ortho intramolecular Hbond substituents is 2. The summed E-state index contributed by atoms with van der Waals surface area (Å²) >= 11 is 0. The highest BCUT2D eigenvalue weighted by Gasteiger charge is 2.03. The lowest BCUT2D eigenvalue weighted by Gasteiger charge is -2.09. The van der Waals surface area contributed by atoms with E-state index in [1.165, 1.54) is 6.07 Å². The van der Waals surface area contributed by atoms with Gasteiger partial charge in [0.15, 0.2) is 11.5 Å². The van der Waals surface area contributed by atoms with Gasteiger partial charge in [-0.3, -0.25) is 0 Å². The maximum atomic E-state index is 9.40. The molecule has 0 atom stereocenters. The lowest BCUT2D eigenvalue weighted by molar-refractivity contribution is 0.402. The molecule has 0 heterocycles. The molecule has 4 nitrogen and oxygen atoms in total. The van der Waals surface area contributed by atoms with Gasteiger partial charge in [0.25, 0.3) is 0 Å². The van der Waals surface area contributed by atoms with Gasteiger partial charge in [-0.05, 0) is 23.8 Å². The number of para-hydroxylation sites is 1. The Morgan fingerprint density at radius 3 is 2.53 bits per heavy atom. The number of phenols is 2. The van der Waals surface area contributed by atoms with Crippen molar-refractivity contribution in [2.75, 3.05) is 7.11 Å². The van der Waals surface area contributed by atoms with Crippen LogP contribution in [0.25, 0.3) is 0 Å². The molecule has 0 aromatic heterocycles. The Hall–Kier alpha value is -2.20. The fraction of sp³-hybridized carbons (Fsp3) is 0.200. The van der Waals surface area contributed by atoms with Crippen molar-refractivity contribution in [2.24, 2.45) is 0 Å². The zero-order valence-corrected chi connectivity index (χ0v) is 10.8. The smallest absolute Gasteiger partial charge is 0.157 e. The summed E-state index contributed by atoms with van der Waals surface area (Å²) in [7, 11) is 1.65. The van der Waals surface area contributed by atoms with Crippen molar-refractivity contribution in [1.29, 1.82) is 0 Å². The van der Waals surface area contributed by atoms with Crippen molar-refractivity contribution in [1.82, 2.24) is 5.32 Å². The molecular weight excluding hydrogens is 242 g/mol. The molecule has 2 aromatic carbocycles. The molecule has 0 aliphatic carbocycles. The Bertz CT molecular complexity index is 555. The Morgan fingerprint density at radius 1 is 1.00 bits per heavy atom. The van der Waals surface area contributed by atoms with E-state index in [0.717, 1.165) is 16.9 Å². The maximum absolute atomic E-state index is 9.40. The fourth-order valence-electron chi connectivity index (χ4n) is 1.87. The van der Waals surface area contributed by atoms with Gasteiger partial charge in [-0.15, -0.1) is 0 Å². The Labute approximate surface area is 112 Å². The van der Waals surface area contributed by atoms with Crippen molar-refractivity contribution in [3.05, 3.63) is 53.6 Å². The summed E-state index contributed by atoms with van der Waals surface area (Å²) in [5.41, 5.74) is 1.98. The summed E-state index contributed by atoms with van der Waals surface area (Å²) in [4.78, 5) is 0. The molecule has 3 N–H and O–H groups in total. The lowest BCUT2D eigenvalue weighted by atomic mass is 10.1. The van der Waals surface area contributed by atoms with Crippen molar-refractivity contribution in [3.8, 4) is 17.2 Å². The molecule has 0 radical (unpaired) electrons. The van der Waals surface area contributed by atoms with E-state index in [9.17, 15) is 10.2 Å². The van der Waals surface area contributed by atoms with E-state index in [-0.39, 0.29) is 11.5 Å². The number of methoxy groups -OCH3 is 1. The predicted octanol–water partition coefficient (Wildman–Crippen LogP) is 2.40. The molecule has 0 spiro atoms. The predicted molar refractivity (Wildman–Crippen MR) is 73.3 cm³/mol. The average Bonchev–Trinajstić information content (AvgIpc) is 2.43. The van der Waals surface area contributed by atoms with E-state index in [2.05, 4.69) is 5.32 Å². The second kappa shape index (κ2) is 6.11. The van der Waals surface area contributed by atoms with Crippen LogP contribution in [0.2, 0.25) is 0 Å². The third kappa shape index (κ3) is 3.39. The van der Waals surface area contributed by atoms with Gasteiger partial charge in [0, 0.05) is 18.7 Å². The van der Waals surface area contributed by atoms with Crippen LogP contribution in [-0.2, 0) is 13.1 Å². The topological polar surface area (TPSA) is 61.7 Å². The summed E-state index contributed by atoms with van der Waals surface area (Å²) in [6.45, 7) is 1.28. The van der Waals surface area contributed by atoms with Gasteiger partial charge in [-0.1, -0.05) is 24.3 Å². The number of rotatable bonds is 5. The van der Waals surface area contributed by atoms with E-state index in [1.54, 1.807) is 19.2 Å². The van der Waals surface area contributed by atoms with Crippen molar-refractivity contribution in [3.63, 3.8) is 0 Å². The van der Waals surface area contributed by atoms with Crippen LogP contribution >= 0.6 is 0 Å². The molecule has 2 aromatic rings. The first kappa shape index (κ1) is 13.2. The first-order valence-corrected chi connectivity index (χ1v) is 6.04. The fourth-order valence-corrected chi connectivity index (χ4v) is 1.87. The quantitative estimate of drug-likeness (QED) is 0.722. The van der Waals surface area contributed by atoms with Gasteiger partial charge in [0.05, 0.1) is 7.11 Å². The molecular formula is C15H17NO3. The summed E-state index contributed by atoms with van der Waals surface area (Å²) in [6.07, 6.45) is 0. The number of ether oxygens (including phenoxy) is 1. The van der Waals surface area contributed by atoms with Crippen LogP contribution in [0.3, 0.4) is 0 Å². The molecule has 0 saturated carbocycles. The van der Waals surface area contributed by atoms with Crippen LogP contribution in [0.4, 0.5) is 0 Å². The second-order valence-electron chi connectivity index (χ2n) is 4.24. The number of hydrogen-bond acceptors (Lipinski definition) is 4. The van der Waals surface area contributed by atoms with Gasteiger partial charge in [-0.2, -0.15) is 0 Å². The molecule has 4 heteroatoms. The van der Waals surface area contributed by atoms with Gasteiger partial charge in [0.2, 0.25) is 0 Å². The molecule has 0 amide bonds. The summed E-state index contributed by atoms with van der Waals surface area (Å²) in [5.74, 6) is 0.647. The Kier molecular flexibility index (Phi) is 4.26. The number of hydrogen-bond donors (Lipinski definition) is 3. The number of benzene rings is 2.